The summed E-state index contributed by atoms with van der Waals surface area (Å²) in [5.41, 5.74) is 4.36. The molecule has 3 N–H and O–H groups in total. The lowest BCUT2D eigenvalue weighted by Gasteiger charge is -2.21. The Morgan fingerprint density at radius 1 is 1.00 bits per heavy atom. The monoisotopic (exact) mass is 270 g/mol. The zero-order valence-electron chi connectivity index (χ0n) is 12.6. The van der Waals surface area contributed by atoms with E-state index in [0.717, 1.165) is 18.8 Å². The number of rotatable bonds is 7. The predicted molar refractivity (Wildman–Crippen MR) is 87.5 cm³/mol. The second-order valence-corrected chi connectivity index (χ2v) is 5.67. The van der Waals surface area contributed by atoms with E-state index in [1.54, 1.807) is 0 Å². The number of hydrazine groups is 1. The molecule has 0 saturated heterocycles. The van der Waals surface area contributed by atoms with Crippen molar-refractivity contribution in [1.29, 1.82) is 0 Å². The van der Waals surface area contributed by atoms with Crippen LogP contribution in [-0.4, -0.2) is 6.04 Å². The fourth-order valence-corrected chi connectivity index (χ4v) is 2.88. The standard InChI is InChI=1S/C18H26N2/c1-3-14(4-2)12-18(20-19)13-15-9-10-16-7-5-6-8-17(16)11-15/h5-11,14,18,20H,3-4,12-13,19H2,1-2H3. The summed E-state index contributed by atoms with van der Waals surface area (Å²) in [6, 6.07) is 15.6. The summed E-state index contributed by atoms with van der Waals surface area (Å²) < 4.78 is 0. The van der Waals surface area contributed by atoms with E-state index < -0.39 is 0 Å². The fourth-order valence-electron chi connectivity index (χ4n) is 2.88. The van der Waals surface area contributed by atoms with Gasteiger partial charge in [-0.1, -0.05) is 69.2 Å². The van der Waals surface area contributed by atoms with Crippen LogP contribution in [0.5, 0.6) is 0 Å². The van der Waals surface area contributed by atoms with Gasteiger partial charge in [0.15, 0.2) is 0 Å². The van der Waals surface area contributed by atoms with Gasteiger partial charge in [0, 0.05) is 6.04 Å². The minimum absolute atomic E-state index is 0.362. The van der Waals surface area contributed by atoms with E-state index in [2.05, 4.69) is 61.7 Å². The Morgan fingerprint density at radius 2 is 1.70 bits per heavy atom. The molecule has 0 aliphatic rings. The zero-order valence-corrected chi connectivity index (χ0v) is 12.6. The Balaban J connectivity index is 2.08. The molecule has 0 saturated carbocycles. The van der Waals surface area contributed by atoms with Gasteiger partial charge in [0.05, 0.1) is 0 Å². The maximum absolute atomic E-state index is 5.74. The van der Waals surface area contributed by atoms with Crippen LogP contribution in [-0.2, 0) is 6.42 Å². The lowest BCUT2D eigenvalue weighted by atomic mass is 9.91. The third-order valence-electron chi connectivity index (χ3n) is 4.30. The van der Waals surface area contributed by atoms with Gasteiger partial charge in [0.2, 0.25) is 0 Å². The summed E-state index contributed by atoms with van der Waals surface area (Å²) in [6.07, 6.45) is 4.60. The van der Waals surface area contributed by atoms with Crippen molar-refractivity contribution in [3.63, 3.8) is 0 Å². The number of hydrogen-bond donors (Lipinski definition) is 2. The molecule has 0 spiro atoms. The van der Waals surface area contributed by atoms with Gasteiger partial charge in [0.25, 0.3) is 0 Å². The summed E-state index contributed by atoms with van der Waals surface area (Å²) in [5.74, 6) is 6.50. The highest BCUT2D eigenvalue weighted by Gasteiger charge is 2.13. The molecule has 2 rings (SSSR count). The molecular weight excluding hydrogens is 244 g/mol. The highest BCUT2D eigenvalue weighted by Crippen LogP contribution is 2.20. The summed E-state index contributed by atoms with van der Waals surface area (Å²) >= 11 is 0. The van der Waals surface area contributed by atoms with E-state index in [0.29, 0.717) is 6.04 Å². The Bertz CT molecular complexity index is 532. The molecule has 0 heterocycles. The number of nitrogens with two attached hydrogens (primary N) is 1. The number of nitrogens with one attached hydrogen (secondary N) is 1. The molecule has 108 valence electrons. The Morgan fingerprint density at radius 3 is 2.35 bits per heavy atom. The highest BCUT2D eigenvalue weighted by molar-refractivity contribution is 5.82. The topological polar surface area (TPSA) is 38.0 Å². The fraction of sp³-hybridized carbons (Fsp3) is 0.444. The molecule has 2 aromatic carbocycles. The predicted octanol–water partition coefficient (Wildman–Crippen LogP) is 4.04. The van der Waals surface area contributed by atoms with Crippen molar-refractivity contribution in [1.82, 2.24) is 5.43 Å². The Hall–Kier alpha value is -1.38. The van der Waals surface area contributed by atoms with Crippen molar-refractivity contribution in [2.75, 3.05) is 0 Å². The van der Waals surface area contributed by atoms with Crippen LogP contribution >= 0.6 is 0 Å². The van der Waals surface area contributed by atoms with E-state index in [1.807, 2.05) is 0 Å². The van der Waals surface area contributed by atoms with Crippen molar-refractivity contribution in [2.45, 2.75) is 45.6 Å². The van der Waals surface area contributed by atoms with Gasteiger partial charge in [0.1, 0.15) is 0 Å². The molecule has 0 aliphatic carbocycles. The Labute approximate surface area is 122 Å². The first-order chi connectivity index (χ1) is 9.76. The van der Waals surface area contributed by atoms with Gasteiger partial charge in [-0.15, -0.1) is 0 Å². The molecule has 20 heavy (non-hydrogen) atoms. The normalized spacial score (nSPS) is 13.0. The summed E-state index contributed by atoms with van der Waals surface area (Å²) in [5, 5.41) is 2.61. The minimum atomic E-state index is 0.362. The summed E-state index contributed by atoms with van der Waals surface area (Å²) in [6.45, 7) is 4.52. The van der Waals surface area contributed by atoms with Crippen LogP contribution in [0.3, 0.4) is 0 Å². The lowest BCUT2D eigenvalue weighted by molar-refractivity contribution is 0.367. The number of fused-ring (bicyclic) bond motifs is 1. The highest BCUT2D eigenvalue weighted by atomic mass is 15.2. The first-order valence-electron chi connectivity index (χ1n) is 7.70. The molecule has 0 aromatic heterocycles. The molecule has 1 atom stereocenters. The van der Waals surface area contributed by atoms with Crippen molar-refractivity contribution in [3.8, 4) is 0 Å². The smallest absolute Gasteiger partial charge is 0.0253 e. The van der Waals surface area contributed by atoms with Crippen LogP contribution in [0.1, 0.15) is 38.7 Å². The molecule has 0 aliphatic heterocycles. The first kappa shape index (κ1) is 15.0. The molecular formula is C18H26N2. The second kappa shape index (κ2) is 7.41. The van der Waals surface area contributed by atoms with Gasteiger partial charge >= 0.3 is 0 Å². The SMILES string of the molecule is CCC(CC)CC(Cc1ccc2ccccc2c1)NN. The van der Waals surface area contributed by atoms with E-state index in [1.165, 1.54) is 29.2 Å². The second-order valence-electron chi connectivity index (χ2n) is 5.67. The van der Waals surface area contributed by atoms with Crippen LogP contribution < -0.4 is 11.3 Å². The molecule has 0 radical (unpaired) electrons. The zero-order chi connectivity index (χ0) is 14.4. The minimum Gasteiger partial charge on any atom is -0.271 e. The van der Waals surface area contributed by atoms with Gasteiger partial charge < -0.3 is 0 Å². The van der Waals surface area contributed by atoms with Crippen molar-refractivity contribution in [2.24, 2.45) is 11.8 Å². The third-order valence-corrected chi connectivity index (χ3v) is 4.30. The molecule has 2 aromatic rings. The number of hydrogen-bond acceptors (Lipinski definition) is 2. The third kappa shape index (κ3) is 3.81. The first-order valence-corrected chi connectivity index (χ1v) is 7.70. The Kier molecular flexibility index (Phi) is 5.57. The largest absolute Gasteiger partial charge is 0.271 e. The van der Waals surface area contributed by atoms with Crippen molar-refractivity contribution in [3.05, 3.63) is 48.0 Å². The average Bonchev–Trinajstić information content (AvgIpc) is 2.51. The molecule has 2 nitrogen and oxygen atoms in total. The van der Waals surface area contributed by atoms with Gasteiger partial charge in [-0.2, -0.15) is 0 Å². The van der Waals surface area contributed by atoms with Crippen LogP contribution in [0, 0.1) is 5.92 Å². The molecule has 1 unspecified atom stereocenters. The number of benzene rings is 2. The van der Waals surface area contributed by atoms with Crippen molar-refractivity contribution < 1.29 is 0 Å². The maximum Gasteiger partial charge on any atom is 0.0253 e. The quantitative estimate of drug-likeness (QED) is 0.588. The molecule has 0 amide bonds. The van der Waals surface area contributed by atoms with E-state index >= 15 is 0 Å². The lowest BCUT2D eigenvalue weighted by Crippen LogP contribution is -2.38. The van der Waals surface area contributed by atoms with Crippen molar-refractivity contribution >= 4 is 10.8 Å². The van der Waals surface area contributed by atoms with Gasteiger partial charge in [-0.25, -0.2) is 0 Å². The van der Waals surface area contributed by atoms with Crippen LogP contribution in [0.2, 0.25) is 0 Å². The van der Waals surface area contributed by atoms with E-state index in [4.69, 9.17) is 5.84 Å². The van der Waals surface area contributed by atoms with Gasteiger partial charge in [-0.05, 0) is 35.1 Å². The average molecular weight is 270 g/mol. The van der Waals surface area contributed by atoms with Crippen LogP contribution in [0.25, 0.3) is 10.8 Å². The van der Waals surface area contributed by atoms with Gasteiger partial charge in [-0.3, -0.25) is 11.3 Å². The van der Waals surface area contributed by atoms with E-state index in [9.17, 15) is 0 Å². The molecule has 0 bridgehead atoms. The molecule has 0 fully saturated rings. The summed E-state index contributed by atoms with van der Waals surface area (Å²) in [7, 11) is 0. The maximum atomic E-state index is 5.74. The van der Waals surface area contributed by atoms with E-state index in [-0.39, 0.29) is 0 Å². The van der Waals surface area contributed by atoms with Crippen LogP contribution in [0.15, 0.2) is 42.5 Å². The summed E-state index contributed by atoms with van der Waals surface area (Å²) in [4.78, 5) is 0. The van der Waals surface area contributed by atoms with Crippen LogP contribution in [0.4, 0.5) is 0 Å². The molecule has 2 heteroatoms.